The first kappa shape index (κ1) is 13.6. The molecule has 1 aromatic heterocycles. The molecule has 2 rings (SSSR count). The third-order valence-corrected chi connectivity index (χ3v) is 3.63. The Morgan fingerprint density at radius 3 is 2.79 bits per heavy atom. The Balaban J connectivity index is 2.18. The number of carbonyl (C=O) groups is 2. The number of hydrogen-bond donors (Lipinski definition) is 1. The van der Waals surface area contributed by atoms with Crippen LogP contribution in [0.25, 0.3) is 0 Å². The Bertz CT molecular complexity index is 480. The van der Waals surface area contributed by atoms with Gasteiger partial charge in [0, 0.05) is 13.0 Å². The second kappa shape index (κ2) is 5.47. The highest BCUT2D eigenvalue weighted by Crippen LogP contribution is 2.25. The molecule has 104 valence electrons. The van der Waals surface area contributed by atoms with Crippen LogP contribution in [-0.4, -0.2) is 34.5 Å². The van der Waals surface area contributed by atoms with Crippen LogP contribution >= 0.6 is 0 Å². The Hall–Kier alpha value is -1.78. The summed E-state index contributed by atoms with van der Waals surface area (Å²) in [6.07, 6.45) is 2.05. The maximum absolute atomic E-state index is 12.3. The molecule has 0 bridgehead atoms. The first-order valence-corrected chi connectivity index (χ1v) is 6.65. The number of furan rings is 1. The topological polar surface area (TPSA) is 70.8 Å². The fraction of sp³-hybridized carbons (Fsp3) is 0.571. The molecule has 1 aromatic rings. The quantitative estimate of drug-likeness (QED) is 0.909. The Kier molecular flexibility index (Phi) is 3.93. The van der Waals surface area contributed by atoms with Gasteiger partial charge in [0.1, 0.15) is 11.8 Å². The summed E-state index contributed by atoms with van der Waals surface area (Å²) in [7, 11) is 0. The van der Waals surface area contributed by atoms with Crippen LogP contribution in [-0.2, 0) is 11.2 Å². The smallest absolute Gasteiger partial charge is 0.326 e. The van der Waals surface area contributed by atoms with Gasteiger partial charge in [-0.1, -0.05) is 13.8 Å². The molecule has 1 saturated heterocycles. The molecule has 2 atom stereocenters. The number of carboxylic acid groups (broad SMARTS) is 1. The average Bonchev–Trinajstić information content (AvgIpc) is 2.86. The number of hydrogen-bond acceptors (Lipinski definition) is 3. The van der Waals surface area contributed by atoms with Crippen molar-refractivity contribution in [1.82, 2.24) is 4.90 Å². The largest absolute Gasteiger partial charge is 0.480 e. The van der Waals surface area contributed by atoms with Gasteiger partial charge >= 0.3 is 5.97 Å². The van der Waals surface area contributed by atoms with Crippen molar-refractivity contribution < 1.29 is 19.1 Å². The lowest BCUT2D eigenvalue weighted by Gasteiger charge is -2.35. The van der Waals surface area contributed by atoms with E-state index in [2.05, 4.69) is 0 Å². The summed E-state index contributed by atoms with van der Waals surface area (Å²) in [5, 5.41) is 9.25. The highest BCUT2D eigenvalue weighted by molar-refractivity contribution is 5.94. The van der Waals surface area contributed by atoms with Crippen LogP contribution < -0.4 is 0 Å². The van der Waals surface area contributed by atoms with E-state index in [1.807, 2.05) is 13.8 Å². The first-order chi connectivity index (χ1) is 9.02. The number of amides is 1. The summed E-state index contributed by atoms with van der Waals surface area (Å²) in [4.78, 5) is 25.0. The molecule has 5 nitrogen and oxygen atoms in total. The van der Waals surface area contributed by atoms with E-state index in [1.165, 1.54) is 4.90 Å². The molecule has 1 aliphatic rings. The van der Waals surface area contributed by atoms with Gasteiger partial charge in [0.15, 0.2) is 5.76 Å². The molecular formula is C14H19NO4. The minimum absolute atomic E-state index is 0.234. The van der Waals surface area contributed by atoms with Crippen LogP contribution in [0, 0.1) is 5.92 Å². The third-order valence-electron chi connectivity index (χ3n) is 3.63. The number of aryl methyl sites for hydroxylation is 1. The van der Waals surface area contributed by atoms with Crippen LogP contribution in [0.15, 0.2) is 16.5 Å². The van der Waals surface area contributed by atoms with E-state index in [1.54, 1.807) is 12.1 Å². The molecule has 0 aliphatic carbocycles. The van der Waals surface area contributed by atoms with Gasteiger partial charge in [0.2, 0.25) is 0 Å². The van der Waals surface area contributed by atoms with Crippen LogP contribution in [0.1, 0.15) is 43.0 Å². The van der Waals surface area contributed by atoms with Gasteiger partial charge in [-0.2, -0.15) is 0 Å². The van der Waals surface area contributed by atoms with Gasteiger partial charge in [-0.3, -0.25) is 4.79 Å². The van der Waals surface area contributed by atoms with Gasteiger partial charge in [0.25, 0.3) is 5.91 Å². The number of nitrogens with zero attached hydrogens (tertiary/aromatic N) is 1. The summed E-state index contributed by atoms with van der Waals surface area (Å²) in [5.41, 5.74) is 0. The van der Waals surface area contributed by atoms with E-state index >= 15 is 0 Å². The molecule has 2 heterocycles. The predicted octanol–water partition coefficient (Wildman–Crippen LogP) is 2.17. The van der Waals surface area contributed by atoms with Gasteiger partial charge < -0.3 is 14.4 Å². The van der Waals surface area contributed by atoms with Crippen molar-refractivity contribution in [2.45, 2.75) is 39.2 Å². The van der Waals surface area contributed by atoms with Gasteiger partial charge in [0.05, 0.1) is 0 Å². The third kappa shape index (κ3) is 2.80. The van der Waals surface area contributed by atoms with E-state index in [0.29, 0.717) is 25.3 Å². The van der Waals surface area contributed by atoms with Gasteiger partial charge in [-0.25, -0.2) is 4.79 Å². The minimum Gasteiger partial charge on any atom is -0.480 e. The van der Waals surface area contributed by atoms with E-state index < -0.39 is 12.0 Å². The Labute approximate surface area is 112 Å². The Morgan fingerprint density at radius 2 is 2.21 bits per heavy atom. The SMILES string of the molecule is CCc1ccc(C(=O)N2CCC(C)CC2C(=O)O)o1. The van der Waals surface area contributed by atoms with E-state index in [-0.39, 0.29) is 11.7 Å². The van der Waals surface area contributed by atoms with E-state index in [4.69, 9.17) is 4.42 Å². The summed E-state index contributed by atoms with van der Waals surface area (Å²) in [5.74, 6) is 0.0346. The molecule has 0 spiro atoms. The lowest BCUT2D eigenvalue weighted by atomic mass is 9.92. The minimum atomic E-state index is -0.942. The predicted molar refractivity (Wildman–Crippen MR) is 68.9 cm³/mol. The summed E-state index contributed by atoms with van der Waals surface area (Å²) in [6.45, 7) is 4.43. The maximum Gasteiger partial charge on any atom is 0.326 e. The summed E-state index contributed by atoms with van der Waals surface area (Å²) >= 11 is 0. The zero-order chi connectivity index (χ0) is 14.0. The number of piperidine rings is 1. The maximum atomic E-state index is 12.3. The number of carboxylic acids is 1. The van der Waals surface area contributed by atoms with Gasteiger partial charge in [-0.15, -0.1) is 0 Å². The standard InChI is InChI=1S/C14H19NO4/c1-3-10-4-5-12(19-10)13(16)15-7-6-9(2)8-11(15)14(17)18/h4-5,9,11H,3,6-8H2,1-2H3,(H,17,18). The van der Waals surface area contributed by atoms with Crippen molar-refractivity contribution in [3.63, 3.8) is 0 Å². The molecule has 5 heteroatoms. The lowest BCUT2D eigenvalue weighted by Crippen LogP contribution is -2.49. The average molecular weight is 265 g/mol. The molecule has 1 amide bonds. The first-order valence-electron chi connectivity index (χ1n) is 6.65. The Morgan fingerprint density at radius 1 is 1.47 bits per heavy atom. The zero-order valence-corrected chi connectivity index (χ0v) is 11.3. The van der Waals surface area contributed by atoms with Crippen molar-refractivity contribution in [2.24, 2.45) is 5.92 Å². The molecule has 1 N–H and O–H groups in total. The molecule has 0 saturated carbocycles. The fourth-order valence-corrected chi connectivity index (χ4v) is 2.44. The van der Waals surface area contributed by atoms with E-state index in [9.17, 15) is 14.7 Å². The summed E-state index contributed by atoms with van der Waals surface area (Å²) in [6, 6.07) is 2.64. The van der Waals surface area contributed by atoms with Crippen molar-refractivity contribution in [1.29, 1.82) is 0 Å². The van der Waals surface area contributed by atoms with Crippen molar-refractivity contribution in [2.75, 3.05) is 6.54 Å². The van der Waals surface area contributed by atoms with Crippen LogP contribution in [0.2, 0.25) is 0 Å². The van der Waals surface area contributed by atoms with Crippen molar-refractivity contribution >= 4 is 11.9 Å². The monoisotopic (exact) mass is 265 g/mol. The number of carbonyl (C=O) groups excluding carboxylic acids is 1. The summed E-state index contributed by atoms with van der Waals surface area (Å²) < 4.78 is 5.42. The van der Waals surface area contributed by atoms with Crippen LogP contribution in [0.5, 0.6) is 0 Å². The molecule has 0 radical (unpaired) electrons. The second-order valence-electron chi connectivity index (χ2n) is 5.10. The number of aliphatic carboxylic acids is 1. The van der Waals surface area contributed by atoms with Crippen molar-refractivity contribution in [3.05, 3.63) is 23.7 Å². The molecule has 1 aliphatic heterocycles. The van der Waals surface area contributed by atoms with E-state index in [0.717, 1.165) is 12.2 Å². The highest BCUT2D eigenvalue weighted by Gasteiger charge is 2.36. The molecule has 0 aromatic carbocycles. The number of rotatable bonds is 3. The second-order valence-corrected chi connectivity index (χ2v) is 5.10. The molecule has 19 heavy (non-hydrogen) atoms. The molecule has 2 unspecified atom stereocenters. The number of likely N-dealkylation sites (tertiary alicyclic amines) is 1. The molecule has 1 fully saturated rings. The van der Waals surface area contributed by atoms with Crippen molar-refractivity contribution in [3.8, 4) is 0 Å². The lowest BCUT2D eigenvalue weighted by molar-refractivity contribution is -0.144. The van der Waals surface area contributed by atoms with Crippen LogP contribution in [0.4, 0.5) is 0 Å². The van der Waals surface area contributed by atoms with Gasteiger partial charge in [-0.05, 0) is 30.9 Å². The zero-order valence-electron chi connectivity index (χ0n) is 11.3. The molecular weight excluding hydrogens is 246 g/mol. The normalized spacial score (nSPS) is 23.4. The van der Waals surface area contributed by atoms with Crippen LogP contribution in [0.3, 0.4) is 0 Å². The fourth-order valence-electron chi connectivity index (χ4n) is 2.44. The highest BCUT2D eigenvalue weighted by atomic mass is 16.4.